The first-order chi connectivity index (χ1) is 6.89. The Labute approximate surface area is 88.9 Å². The highest BCUT2D eigenvalue weighted by atomic mass is 19.4. The first-order valence-electron chi connectivity index (χ1n) is 5.32. The van der Waals surface area contributed by atoms with E-state index in [4.69, 9.17) is 5.11 Å². The summed E-state index contributed by atoms with van der Waals surface area (Å²) in [5.74, 6) is 0. The molecule has 0 radical (unpaired) electrons. The van der Waals surface area contributed by atoms with Crippen LogP contribution in [0, 0.1) is 0 Å². The molecule has 0 aromatic rings. The molecule has 15 heavy (non-hydrogen) atoms. The van der Waals surface area contributed by atoms with Gasteiger partial charge in [-0.3, -0.25) is 0 Å². The van der Waals surface area contributed by atoms with E-state index in [-0.39, 0.29) is 25.1 Å². The van der Waals surface area contributed by atoms with Gasteiger partial charge in [-0.15, -0.1) is 0 Å². The predicted molar refractivity (Wildman–Crippen MR) is 53.7 cm³/mol. The molecule has 0 saturated heterocycles. The lowest BCUT2D eigenvalue weighted by Gasteiger charge is -2.20. The molecule has 0 aliphatic heterocycles. The Morgan fingerprint density at radius 1 is 1.33 bits per heavy atom. The van der Waals surface area contributed by atoms with Gasteiger partial charge in [-0.1, -0.05) is 6.92 Å². The zero-order valence-electron chi connectivity index (χ0n) is 9.27. The lowest BCUT2D eigenvalue weighted by Crippen LogP contribution is -2.38. The van der Waals surface area contributed by atoms with Gasteiger partial charge < -0.3 is 10.4 Å². The van der Waals surface area contributed by atoms with Gasteiger partial charge >= 0.3 is 6.18 Å². The molecule has 0 aromatic carbocycles. The van der Waals surface area contributed by atoms with Crippen LogP contribution in [-0.2, 0) is 0 Å². The standard InChI is InChI=1S/C10H20F3NO/c1-3-9(7-15)14-8(2)5-4-6-10(11,12)13/h8-9,14-15H,3-7H2,1-2H3/t8?,9-/m1/s1. The van der Waals surface area contributed by atoms with Crippen molar-refractivity contribution in [2.45, 2.75) is 57.8 Å². The maximum Gasteiger partial charge on any atom is 0.389 e. The molecule has 0 heterocycles. The van der Waals surface area contributed by atoms with Crippen LogP contribution in [0.25, 0.3) is 0 Å². The Morgan fingerprint density at radius 2 is 1.93 bits per heavy atom. The van der Waals surface area contributed by atoms with Gasteiger partial charge in [-0.25, -0.2) is 0 Å². The molecule has 0 amide bonds. The SMILES string of the molecule is CC[C@H](CO)NC(C)CCCC(F)(F)F. The summed E-state index contributed by atoms with van der Waals surface area (Å²) in [6, 6.07) is 0.00957. The Kier molecular flexibility index (Phi) is 6.92. The normalized spacial score (nSPS) is 16.4. The van der Waals surface area contributed by atoms with E-state index in [9.17, 15) is 13.2 Å². The fraction of sp³-hybridized carbons (Fsp3) is 1.00. The summed E-state index contributed by atoms with van der Waals surface area (Å²) < 4.78 is 35.5. The van der Waals surface area contributed by atoms with E-state index in [1.54, 1.807) is 0 Å². The van der Waals surface area contributed by atoms with Crippen LogP contribution in [0.1, 0.15) is 39.5 Å². The second-order valence-electron chi connectivity index (χ2n) is 3.86. The van der Waals surface area contributed by atoms with E-state index in [1.165, 1.54) is 0 Å². The quantitative estimate of drug-likeness (QED) is 0.700. The first-order valence-corrected chi connectivity index (χ1v) is 5.32. The highest BCUT2D eigenvalue weighted by molar-refractivity contribution is 4.69. The smallest absolute Gasteiger partial charge is 0.389 e. The van der Waals surface area contributed by atoms with E-state index in [2.05, 4.69) is 5.32 Å². The molecule has 5 heteroatoms. The van der Waals surface area contributed by atoms with Crippen molar-refractivity contribution in [3.63, 3.8) is 0 Å². The highest BCUT2D eigenvalue weighted by Crippen LogP contribution is 2.22. The summed E-state index contributed by atoms with van der Waals surface area (Å²) in [5.41, 5.74) is 0. The van der Waals surface area contributed by atoms with Crippen molar-refractivity contribution in [2.75, 3.05) is 6.61 Å². The topological polar surface area (TPSA) is 32.3 Å². The van der Waals surface area contributed by atoms with Crippen molar-refractivity contribution < 1.29 is 18.3 Å². The van der Waals surface area contributed by atoms with Gasteiger partial charge in [0, 0.05) is 18.5 Å². The van der Waals surface area contributed by atoms with Crippen LogP contribution in [0.15, 0.2) is 0 Å². The van der Waals surface area contributed by atoms with Gasteiger partial charge in [0.25, 0.3) is 0 Å². The zero-order chi connectivity index (χ0) is 11.9. The lowest BCUT2D eigenvalue weighted by molar-refractivity contribution is -0.135. The third kappa shape index (κ3) is 8.69. The molecule has 0 aliphatic rings. The zero-order valence-corrected chi connectivity index (χ0v) is 9.27. The minimum Gasteiger partial charge on any atom is -0.395 e. The van der Waals surface area contributed by atoms with Gasteiger partial charge in [-0.05, 0) is 26.2 Å². The summed E-state index contributed by atoms with van der Waals surface area (Å²) in [6.07, 6.45) is -3.38. The van der Waals surface area contributed by atoms with Crippen LogP contribution >= 0.6 is 0 Å². The molecule has 0 saturated carbocycles. The van der Waals surface area contributed by atoms with Gasteiger partial charge in [0.05, 0.1) is 6.61 Å². The van der Waals surface area contributed by atoms with Gasteiger partial charge in [0.1, 0.15) is 0 Å². The third-order valence-electron chi connectivity index (χ3n) is 2.33. The Balaban J connectivity index is 3.61. The summed E-state index contributed by atoms with van der Waals surface area (Å²) in [7, 11) is 0. The molecule has 1 unspecified atom stereocenters. The van der Waals surface area contributed by atoms with Gasteiger partial charge in [0.15, 0.2) is 0 Å². The third-order valence-corrected chi connectivity index (χ3v) is 2.33. The fourth-order valence-electron chi connectivity index (χ4n) is 1.39. The highest BCUT2D eigenvalue weighted by Gasteiger charge is 2.26. The monoisotopic (exact) mass is 227 g/mol. The lowest BCUT2D eigenvalue weighted by atomic mass is 10.1. The van der Waals surface area contributed by atoms with E-state index >= 15 is 0 Å². The average molecular weight is 227 g/mol. The van der Waals surface area contributed by atoms with Crippen molar-refractivity contribution in [3.05, 3.63) is 0 Å². The van der Waals surface area contributed by atoms with Crippen molar-refractivity contribution >= 4 is 0 Å². The Bertz CT molecular complexity index is 157. The van der Waals surface area contributed by atoms with Crippen molar-refractivity contribution in [1.82, 2.24) is 5.32 Å². The van der Waals surface area contributed by atoms with E-state index in [0.29, 0.717) is 6.42 Å². The summed E-state index contributed by atoms with van der Waals surface area (Å²) >= 11 is 0. The molecular formula is C10H20F3NO. The van der Waals surface area contributed by atoms with Gasteiger partial charge in [0.2, 0.25) is 0 Å². The van der Waals surface area contributed by atoms with Crippen LogP contribution in [0.3, 0.4) is 0 Å². The number of halogens is 3. The molecule has 0 rings (SSSR count). The second kappa shape index (κ2) is 7.06. The van der Waals surface area contributed by atoms with Crippen molar-refractivity contribution in [2.24, 2.45) is 0 Å². The second-order valence-corrected chi connectivity index (χ2v) is 3.86. The Hall–Kier alpha value is -0.290. The van der Waals surface area contributed by atoms with Crippen molar-refractivity contribution in [3.8, 4) is 0 Å². The largest absolute Gasteiger partial charge is 0.395 e. The number of aliphatic hydroxyl groups excluding tert-OH is 1. The molecule has 0 spiro atoms. The van der Waals surface area contributed by atoms with E-state index in [1.807, 2.05) is 13.8 Å². The summed E-state index contributed by atoms with van der Waals surface area (Å²) in [5, 5.41) is 12.0. The van der Waals surface area contributed by atoms with Crippen LogP contribution < -0.4 is 5.32 Å². The van der Waals surface area contributed by atoms with Crippen LogP contribution in [0.5, 0.6) is 0 Å². The van der Waals surface area contributed by atoms with Crippen LogP contribution in [0.4, 0.5) is 13.2 Å². The number of aliphatic hydroxyl groups is 1. The van der Waals surface area contributed by atoms with Crippen LogP contribution in [0.2, 0.25) is 0 Å². The molecule has 0 aliphatic carbocycles. The van der Waals surface area contributed by atoms with E-state index in [0.717, 1.165) is 6.42 Å². The fourth-order valence-corrected chi connectivity index (χ4v) is 1.39. The molecule has 0 fully saturated rings. The molecular weight excluding hydrogens is 207 g/mol. The van der Waals surface area contributed by atoms with Gasteiger partial charge in [-0.2, -0.15) is 13.2 Å². The average Bonchev–Trinajstić information content (AvgIpc) is 2.12. The van der Waals surface area contributed by atoms with E-state index < -0.39 is 12.6 Å². The maximum absolute atomic E-state index is 11.8. The number of hydrogen-bond donors (Lipinski definition) is 2. The maximum atomic E-state index is 11.8. The number of hydrogen-bond acceptors (Lipinski definition) is 2. The molecule has 92 valence electrons. The molecule has 2 atom stereocenters. The number of rotatable bonds is 7. The molecule has 0 bridgehead atoms. The number of alkyl halides is 3. The number of nitrogens with one attached hydrogen (secondary N) is 1. The van der Waals surface area contributed by atoms with Crippen LogP contribution in [-0.4, -0.2) is 30.0 Å². The molecule has 2 N–H and O–H groups in total. The minimum absolute atomic E-state index is 0.00844. The molecule has 2 nitrogen and oxygen atoms in total. The minimum atomic E-state index is -4.05. The van der Waals surface area contributed by atoms with Crippen molar-refractivity contribution in [1.29, 1.82) is 0 Å². The first kappa shape index (κ1) is 14.7. The Morgan fingerprint density at radius 3 is 2.33 bits per heavy atom. The molecule has 0 aromatic heterocycles. The predicted octanol–water partition coefficient (Wildman–Crippen LogP) is 2.47. The summed E-state index contributed by atoms with van der Waals surface area (Å²) in [4.78, 5) is 0. The summed E-state index contributed by atoms with van der Waals surface area (Å²) in [6.45, 7) is 3.80.